The maximum atomic E-state index is 5.71. The zero-order valence-electron chi connectivity index (χ0n) is 13.1. The lowest BCUT2D eigenvalue weighted by atomic mass is 10.0. The van der Waals surface area contributed by atoms with Crippen molar-refractivity contribution >= 4 is 17.2 Å². The van der Waals surface area contributed by atoms with Crippen molar-refractivity contribution in [2.24, 2.45) is 5.73 Å². The number of likely N-dealkylation sites (N-methyl/N-ethyl adjacent to an activating group) is 1. The van der Waals surface area contributed by atoms with Crippen LogP contribution in [-0.2, 0) is 6.54 Å². The van der Waals surface area contributed by atoms with Gasteiger partial charge in [0.2, 0.25) is 0 Å². The van der Waals surface area contributed by atoms with Crippen LogP contribution in [0.2, 0.25) is 0 Å². The van der Waals surface area contributed by atoms with Crippen molar-refractivity contribution in [1.29, 1.82) is 0 Å². The summed E-state index contributed by atoms with van der Waals surface area (Å²) in [5.41, 5.74) is 7.76. The van der Waals surface area contributed by atoms with E-state index < -0.39 is 0 Å². The first-order chi connectivity index (χ1) is 10.0. The SMILES string of the molecule is COc1cc(CN2CCCC(N(C)C)C2)ccc1C(N)=S. The molecule has 0 radical (unpaired) electrons. The minimum absolute atomic E-state index is 0.379. The number of piperidine rings is 1. The summed E-state index contributed by atoms with van der Waals surface area (Å²) in [7, 11) is 5.98. The highest BCUT2D eigenvalue weighted by molar-refractivity contribution is 7.80. The summed E-state index contributed by atoms with van der Waals surface area (Å²) < 4.78 is 5.40. The number of nitrogens with two attached hydrogens (primary N) is 1. The van der Waals surface area contributed by atoms with Crippen molar-refractivity contribution in [3.05, 3.63) is 29.3 Å². The molecule has 21 heavy (non-hydrogen) atoms. The molecule has 1 aromatic rings. The van der Waals surface area contributed by atoms with Crippen LogP contribution in [0.15, 0.2) is 18.2 Å². The lowest BCUT2D eigenvalue weighted by Crippen LogP contribution is -2.44. The lowest BCUT2D eigenvalue weighted by molar-refractivity contribution is 0.128. The number of thiocarbonyl (C=S) groups is 1. The summed E-state index contributed by atoms with van der Waals surface area (Å²) in [5, 5.41) is 0. The van der Waals surface area contributed by atoms with Crippen LogP contribution < -0.4 is 10.5 Å². The van der Waals surface area contributed by atoms with Gasteiger partial charge in [-0.25, -0.2) is 0 Å². The smallest absolute Gasteiger partial charge is 0.129 e. The van der Waals surface area contributed by atoms with Crippen LogP contribution in [0, 0.1) is 0 Å². The van der Waals surface area contributed by atoms with Crippen molar-refractivity contribution in [3.63, 3.8) is 0 Å². The molecular formula is C16H25N3OS. The molecule has 116 valence electrons. The lowest BCUT2D eigenvalue weighted by Gasteiger charge is -2.36. The van der Waals surface area contributed by atoms with Gasteiger partial charge in [-0.15, -0.1) is 0 Å². The van der Waals surface area contributed by atoms with E-state index in [1.807, 2.05) is 12.1 Å². The van der Waals surface area contributed by atoms with Crippen LogP contribution in [0.25, 0.3) is 0 Å². The third-order valence-corrected chi connectivity index (χ3v) is 4.37. The molecule has 4 nitrogen and oxygen atoms in total. The Kier molecular flexibility index (Phi) is 5.56. The molecule has 2 N–H and O–H groups in total. The highest BCUT2D eigenvalue weighted by atomic mass is 32.1. The maximum Gasteiger partial charge on any atom is 0.129 e. The van der Waals surface area contributed by atoms with E-state index in [4.69, 9.17) is 22.7 Å². The monoisotopic (exact) mass is 307 g/mol. The molecule has 1 heterocycles. The van der Waals surface area contributed by atoms with Gasteiger partial charge in [0, 0.05) is 19.1 Å². The van der Waals surface area contributed by atoms with E-state index in [9.17, 15) is 0 Å². The van der Waals surface area contributed by atoms with E-state index >= 15 is 0 Å². The largest absolute Gasteiger partial charge is 0.496 e. The van der Waals surface area contributed by atoms with Crippen molar-refractivity contribution in [2.45, 2.75) is 25.4 Å². The van der Waals surface area contributed by atoms with Gasteiger partial charge < -0.3 is 15.4 Å². The summed E-state index contributed by atoms with van der Waals surface area (Å²) in [6, 6.07) is 6.75. The normalized spacial score (nSPS) is 19.7. The summed E-state index contributed by atoms with van der Waals surface area (Å²) in [5.74, 6) is 0.765. The van der Waals surface area contributed by atoms with E-state index in [0.717, 1.165) is 30.9 Å². The second kappa shape index (κ2) is 7.20. The molecule has 1 saturated heterocycles. The minimum Gasteiger partial charge on any atom is -0.496 e. The maximum absolute atomic E-state index is 5.71. The number of nitrogens with zero attached hydrogens (tertiary/aromatic N) is 2. The number of rotatable bonds is 5. The molecule has 0 aromatic heterocycles. The predicted molar refractivity (Wildman–Crippen MR) is 90.9 cm³/mol. The molecule has 2 rings (SSSR count). The fourth-order valence-electron chi connectivity index (χ4n) is 2.89. The average molecular weight is 307 g/mol. The number of ether oxygens (including phenoxy) is 1. The van der Waals surface area contributed by atoms with Crippen LogP contribution in [0.5, 0.6) is 5.75 Å². The Morgan fingerprint density at radius 2 is 2.24 bits per heavy atom. The Balaban J connectivity index is 2.07. The standard InChI is InChI=1S/C16H25N3OS/c1-18(2)13-5-4-8-19(11-13)10-12-6-7-14(16(17)21)15(9-12)20-3/h6-7,9,13H,4-5,8,10-11H2,1-3H3,(H2,17,21). The van der Waals surface area contributed by atoms with E-state index in [0.29, 0.717) is 11.0 Å². The highest BCUT2D eigenvalue weighted by Crippen LogP contribution is 2.22. The van der Waals surface area contributed by atoms with Gasteiger partial charge in [0.1, 0.15) is 10.7 Å². The van der Waals surface area contributed by atoms with Crippen molar-refractivity contribution < 1.29 is 4.74 Å². The predicted octanol–water partition coefficient (Wildman–Crippen LogP) is 1.86. The number of hydrogen-bond acceptors (Lipinski definition) is 4. The Morgan fingerprint density at radius 3 is 2.86 bits per heavy atom. The number of hydrogen-bond donors (Lipinski definition) is 1. The van der Waals surface area contributed by atoms with Gasteiger partial charge in [0.25, 0.3) is 0 Å². The first kappa shape index (κ1) is 16.2. The van der Waals surface area contributed by atoms with Gasteiger partial charge in [0.15, 0.2) is 0 Å². The summed E-state index contributed by atoms with van der Waals surface area (Å²) in [6.45, 7) is 3.22. The molecular weight excluding hydrogens is 282 g/mol. The fraction of sp³-hybridized carbons (Fsp3) is 0.562. The van der Waals surface area contributed by atoms with Crippen LogP contribution >= 0.6 is 12.2 Å². The fourth-order valence-corrected chi connectivity index (χ4v) is 3.06. The van der Waals surface area contributed by atoms with Gasteiger partial charge in [-0.1, -0.05) is 18.3 Å². The third kappa shape index (κ3) is 4.15. The third-order valence-electron chi connectivity index (χ3n) is 4.15. The van der Waals surface area contributed by atoms with Gasteiger partial charge in [0.05, 0.1) is 12.7 Å². The van der Waals surface area contributed by atoms with Crippen LogP contribution in [0.4, 0.5) is 0 Å². The quantitative estimate of drug-likeness (QED) is 0.841. The average Bonchev–Trinajstić information content (AvgIpc) is 2.47. The molecule has 0 saturated carbocycles. The van der Waals surface area contributed by atoms with Crippen LogP contribution in [0.1, 0.15) is 24.0 Å². The first-order valence-corrected chi connectivity index (χ1v) is 7.77. The zero-order chi connectivity index (χ0) is 15.4. The van der Waals surface area contributed by atoms with E-state index in [1.165, 1.54) is 18.4 Å². The molecule has 0 bridgehead atoms. The summed E-state index contributed by atoms with van der Waals surface area (Å²) in [6.07, 6.45) is 2.54. The molecule has 1 atom stereocenters. The van der Waals surface area contributed by atoms with Gasteiger partial charge in [-0.05, 0) is 51.2 Å². The molecule has 1 aliphatic rings. The molecule has 1 aromatic carbocycles. The van der Waals surface area contributed by atoms with Crippen molar-refractivity contribution in [3.8, 4) is 5.75 Å². The molecule has 1 aliphatic heterocycles. The Hall–Kier alpha value is -1.17. The Bertz CT molecular complexity index is 504. The summed E-state index contributed by atoms with van der Waals surface area (Å²) in [4.78, 5) is 5.20. The van der Waals surface area contributed by atoms with Gasteiger partial charge in [-0.2, -0.15) is 0 Å². The topological polar surface area (TPSA) is 41.7 Å². The van der Waals surface area contributed by atoms with Gasteiger partial charge in [-0.3, -0.25) is 4.90 Å². The van der Waals surface area contributed by atoms with Crippen molar-refractivity contribution in [2.75, 3.05) is 34.3 Å². The van der Waals surface area contributed by atoms with Crippen LogP contribution in [0.3, 0.4) is 0 Å². The molecule has 1 fully saturated rings. The molecule has 0 amide bonds. The Morgan fingerprint density at radius 1 is 1.48 bits per heavy atom. The van der Waals surface area contributed by atoms with E-state index in [1.54, 1.807) is 7.11 Å². The molecule has 5 heteroatoms. The highest BCUT2D eigenvalue weighted by Gasteiger charge is 2.21. The molecule has 0 aliphatic carbocycles. The number of methoxy groups -OCH3 is 1. The second-order valence-corrected chi connectivity index (χ2v) is 6.33. The number of benzene rings is 1. The van der Waals surface area contributed by atoms with E-state index in [2.05, 4.69) is 30.0 Å². The Labute approximate surface area is 132 Å². The first-order valence-electron chi connectivity index (χ1n) is 7.36. The van der Waals surface area contributed by atoms with Crippen molar-refractivity contribution in [1.82, 2.24) is 9.80 Å². The number of likely N-dealkylation sites (tertiary alicyclic amines) is 1. The second-order valence-electron chi connectivity index (χ2n) is 5.89. The van der Waals surface area contributed by atoms with E-state index in [-0.39, 0.29) is 0 Å². The minimum atomic E-state index is 0.379. The molecule has 1 unspecified atom stereocenters. The van der Waals surface area contributed by atoms with Gasteiger partial charge >= 0.3 is 0 Å². The zero-order valence-corrected chi connectivity index (χ0v) is 13.9. The summed E-state index contributed by atoms with van der Waals surface area (Å²) >= 11 is 5.05. The van der Waals surface area contributed by atoms with Crippen LogP contribution in [-0.4, -0.2) is 55.1 Å². The molecule has 0 spiro atoms.